The van der Waals surface area contributed by atoms with E-state index in [9.17, 15) is 9.18 Å². The van der Waals surface area contributed by atoms with Crippen molar-refractivity contribution in [1.29, 1.82) is 0 Å². The van der Waals surface area contributed by atoms with Crippen molar-refractivity contribution in [2.24, 2.45) is 0 Å². The lowest BCUT2D eigenvalue weighted by molar-refractivity contribution is 0.0692. The van der Waals surface area contributed by atoms with E-state index in [1.165, 1.54) is 23.5 Å². The molecule has 0 aliphatic carbocycles. The first-order chi connectivity index (χ1) is 9.38. The van der Waals surface area contributed by atoms with Crippen LogP contribution in [0.4, 0.5) is 10.1 Å². The van der Waals surface area contributed by atoms with E-state index >= 15 is 0 Å². The summed E-state index contributed by atoms with van der Waals surface area (Å²) in [5.74, 6) is -2.08. The highest BCUT2D eigenvalue weighted by Crippen LogP contribution is 2.36. The van der Waals surface area contributed by atoms with E-state index in [4.69, 9.17) is 28.3 Å². The average molecular weight is 334 g/mol. The van der Waals surface area contributed by atoms with E-state index < -0.39 is 11.8 Å². The minimum atomic E-state index is -1.31. The highest BCUT2D eigenvalue weighted by atomic mass is 35.5. The topological polar surface area (TPSA) is 49.3 Å². The molecule has 20 heavy (non-hydrogen) atoms. The second kappa shape index (κ2) is 5.99. The Bertz CT molecular complexity index is 660. The Labute approximate surface area is 129 Å². The number of benzene rings is 1. The molecule has 106 valence electrons. The molecular formula is C13H10Cl2FNO2S. The molecule has 1 aromatic carbocycles. The molecule has 0 radical (unpaired) electrons. The van der Waals surface area contributed by atoms with Gasteiger partial charge < -0.3 is 10.4 Å². The smallest absolute Gasteiger partial charge is 0.338 e. The molecule has 0 saturated carbocycles. The standard InChI is InChI=1S/C13H10Cl2FNO2S/c1-6(8-5-11(14)20-12(8)15)17-7-2-3-10(16)9(4-7)13(18)19/h2-6,17H,1H3,(H,18,19). The van der Waals surface area contributed by atoms with Crippen molar-refractivity contribution in [2.75, 3.05) is 5.32 Å². The number of carbonyl (C=O) groups is 1. The summed E-state index contributed by atoms with van der Waals surface area (Å²) in [5, 5.41) is 12.0. The molecular weight excluding hydrogens is 324 g/mol. The number of nitrogens with one attached hydrogen (secondary N) is 1. The van der Waals surface area contributed by atoms with Crippen LogP contribution in [0.25, 0.3) is 0 Å². The molecule has 0 bridgehead atoms. The van der Waals surface area contributed by atoms with Gasteiger partial charge >= 0.3 is 5.97 Å². The largest absolute Gasteiger partial charge is 0.478 e. The fraction of sp³-hybridized carbons (Fsp3) is 0.154. The Morgan fingerprint density at radius 1 is 1.40 bits per heavy atom. The molecule has 0 saturated heterocycles. The third kappa shape index (κ3) is 3.23. The fourth-order valence-corrected chi connectivity index (χ4v) is 3.40. The minimum Gasteiger partial charge on any atom is -0.478 e. The Balaban J connectivity index is 2.24. The zero-order valence-corrected chi connectivity index (χ0v) is 12.6. The third-order valence-corrected chi connectivity index (χ3v) is 4.25. The molecule has 1 unspecified atom stereocenters. The van der Waals surface area contributed by atoms with Crippen LogP contribution in [0.2, 0.25) is 8.67 Å². The summed E-state index contributed by atoms with van der Waals surface area (Å²) >= 11 is 13.2. The molecule has 0 fully saturated rings. The summed E-state index contributed by atoms with van der Waals surface area (Å²) in [4.78, 5) is 10.9. The molecule has 2 N–H and O–H groups in total. The molecule has 1 aromatic heterocycles. The van der Waals surface area contributed by atoms with Gasteiger partial charge in [0.05, 0.1) is 20.3 Å². The second-order valence-corrected chi connectivity index (χ2v) is 6.43. The van der Waals surface area contributed by atoms with Crippen LogP contribution in [-0.4, -0.2) is 11.1 Å². The summed E-state index contributed by atoms with van der Waals surface area (Å²) in [6.07, 6.45) is 0. The lowest BCUT2D eigenvalue weighted by atomic mass is 10.1. The van der Waals surface area contributed by atoms with E-state index in [-0.39, 0.29) is 11.6 Å². The summed E-state index contributed by atoms with van der Waals surface area (Å²) in [7, 11) is 0. The van der Waals surface area contributed by atoms with Crippen molar-refractivity contribution in [3.05, 3.63) is 49.9 Å². The summed E-state index contributed by atoms with van der Waals surface area (Å²) in [6.45, 7) is 1.86. The first-order valence-electron chi connectivity index (χ1n) is 5.62. The normalized spacial score (nSPS) is 12.2. The number of carboxylic acids is 1. The number of halogens is 3. The maximum Gasteiger partial charge on any atom is 0.338 e. The monoisotopic (exact) mass is 333 g/mol. The van der Waals surface area contributed by atoms with E-state index in [0.29, 0.717) is 14.4 Å². The zero-order valence-electron chi connectivity index (χ0n) is 10.3. The fourth-order valence-electron chi connectivity index (χ4n) is 1.75. The van der Waals surface area contributed by atoms with Gasteiger partial charge in [0, 0.05) is 11.3 Å². The SMILES string of the molecule is CC(Nc1ccc(F)c(C(=O)O)c1)c1cc(Cl)sc1Cl. The van der Waals surface area contributed by atoms with Crippen LogP contribution in [0, 0.1) is 5.82 Å². The van der Waals surface area contributed by atoms with Gasteiger partial charge in [0.15, 0.2) is 0 Å². The van der Waals surface area contributed by atoms with Crippen molar-refractivity contribution < 1.29 is 14.3 Å². The quantitative estimate of drug-likeness (QED) is 0.821. The van der Waals surface area contributed by atoms with Crippen molar-refractivity contribution in [1.82, 2.24) is 0 Å². The number of rotatable bonds is 4. The first kappa shape index (κ1) is 15.1. The predicted octanol–water partition coefficient (Wildman–Crippen LogP) is 5.07. The van der Waals surface area contributed by atoms with Gasteiger partial charge in [-0.1, -0.05) is 23.2 Å². The Kier molecular flexibility index (Phi) is 4.52. The lowest BCUT2D eigenvalue weighted by Gasteiger charge is -2.15. The summed E-state index contributed by atoms with van der Waals surface area (Å²) in [5.41, 5.74) is 0.925. The van der Waals surface area contributed by atoms with Gasteiger partial charge in [-0.05, 0) is 31.2 Å². The van der Waals surface area contributed by atoms with Crippen LogP contribution in [-0.2, 0) is 0 Å². The van der Waals surface area contributed by atoms with Gasteiger partial charge in [0.2, 0.25) is 0 Å². The van der Waals surface area contributed by atoms with Crippen molar-refractivity contribution in [3.63, 3.8) is 0 Å². The molecule has 0 amide bonds. The molecule has 1 heterocycles. The number of carboxylic acid groups (broad SMARTS) is 1. The van der Waals surface area contributed by atoms with Crippen LogP contribution >= 0.6 is 34.5 Å². The Morgan fingerprint density at radius 2 is 2.10 bits per heavy atom. The predicted molar refractivity (Wildman–Crippen MR) is 79.7 cm³/mol. The summed E-state index contributed by atoms with van der Waals surface area (Å²) < 4.78 is 14.4. The van der Waals surface area contributed by atoms with Gasteiger partial charge in [-0.2, -0.15) is 0 Å². The number of hydrogen-bond acceptors (Lipinski definition) is 3. The maximum absolute atomic E-state index is 13.3. The van der Waals surface area contributed by atoms with Crippen LogP contribution in [0.1, 0.15) is 28.9 Å². The highest BCUT2D eigenvalue weighted by Gasteiger charge is 2.15. The van der Waals surface area contributed by atoms with Gasteiger partial charge in [-0.25, -0.2) is 9.18 Å². The number of hydrogen-bond donors (Lipinski definition) is 2. The highest BCUT2D eigenvalue weighted by molar-refractivity contribution is 7.20. The molecule has 2 aromatic rings. The maximum atomic E-state index is 13.3. The number of thiophene rings is 1. The van der Waals surface area contributed by atoms with Crippen LogP contribution in [0.15, 0.2) is 24.3 Å². The van der Waals surface area contributed by atoms with E-state index in [0.717, 1.165) is 11.6 Å². The molecule has 0 spiro atoms. The molecule has 7 heteroatoms. The van der Waals surface area contributed by atoms with E-state index in [1.807, 2.05) is 6.92 Å². The van der Waals surface area contributed by atoms with Crippen molar-refractivity contribution in [2.45, 2.75) is 13.0 Å². The van der Waals surface area contributed by atoms with E-state index in [1.54, 1.807) is 6.07 Å². The average Bonchev–Trinajstić information content (AvgIpc) is 2.70. The second-order valence-electron chi connectivity index (χ2n) is 4.15. The van der Waals surface area contributed by atoms with Crippen molar-refractivity contribution >= 4 is 46.2 Å². The Morgan fingerprint density at radius 3 is 2.65 bits per heavy atom. The number of aromatic carboxylic acids is 1. The minimum absolute atomic E-state index is 0.182. The number of anilines is 1. The van der Waals surface area contributed by atoms with Crippen LogP contribution in [0.5, 0.6) is 0 Å². The van der Waals surface area contributed by atoms with Gasteiger partial charge in [-0.15, -0.1) is 11.3 Å². The zero-order chi connectivity index (χ0) is 14.9. The molecule has 1 atom stereocenters. The van der Waals surface area contributed by atoms with Gasteiger partial charge in [0.1, 0.15) is 5.82 Å². The lowest BCUT2D eigenvalue weighted by Crippen LogP contribution is -2.08. The molecule has 2 rings (SSSR count). The third-order valence-electron chi connectivity index (χ3n) is 2.73. The molecule has 3 nitrogen and oxygen atoms in total. The van der Waals surface area contributed by atoms with Crippen molar-refractivity contribution in [3.8, 4) is 0 Å². The van der Waals surface area contributed by atoms with Gasteiger partial charge in [-0.3, -0.25) is 0 Å². The first-order valence-corrected chi connectivity index (χ1v) is 7.20. The molecule has 0 aliphatic rings. The van der Waals surface area contributed by atoms with Crippen LogP contribution < -0.4 is 5.32 Å². The van der Waals surface area contributed by atoms with Gasteiger partial charge in [0.25, 0.3) is 0 Å². The Hall–Kier alpha value is -1.30. The van der Waals surface area contributed by atoms with Crippen LogP contribution in [0.3, 0.4) is 0 Å². The summed E-state index contributed by atoms with van der Waals surface area (Å²) in [6, 6.07) is 5.39. The molecule has 0 aliphatic heterocycles. The van der Waals surface area contributed by atoms with E-state index in [2.05, 4.69) is 5.32 Å².